The number of nitrogens with one attached hydrogen (secondary N) is 5. The van der Waals surface area contributed by atoms with Crippen molar-refractivity contribution in [2.24, 2.45) is 0 Å². The molecule has 0 saturated carbocycles. The lowest BCUT2D eigenvalue weighted by molar-refractivity contribution is -0.137. The van der Waals surface area contributed by atoms with Crippen LogP contribution in [-0.4, -0.2) is 36.0 Å². The van der Waals surface area contributed by atoms with Crippen molar-refractivity contribution in [3.8, 4) is 0 Å². The quantitative estimate of drug-likeness (QED) is 0.228. The molecule has 37 heavy (non-hydrogen) atoms. The summed E-state index contributed by atoms with van der Waals surface area (Å²) in [5.41, 5.74) is 3.32. The summed E-state index contributed by atoms with van der Waals surface area (Å²) in [4.78, 5) is 19.5. The second-order valence-electron chi connectivity index (χ2n) is 8.63. The molecule has 0 bridgehead atoms. The molecule has 10 heteroatoms. The number of para-hydroxylation sites is 1. The Morgan fingerprint density at radius 3 is 2.65 bits per heavy atom. The average molecular weight is 507 g/mol. The van der Waals surface area contributed by atoms with Crippen LogP contribution >= 0.6 is 0 Å². The van der Waals surface area contributed by atoms with E-state index < -0.39 is 17.6 Å². The van der Waals surface area contributed by atoms with E-state index in [9.17, 15) is 18.0 Å². The zero-order chi connectivity index (χ0) is 26.0. The van der Waals surface area contributed by atoms with Crippen molar-refractivity contribution in [3.05, 3.63) is 83.7 Å². The Kier molecular flexibility index (Phi) is 6.58. The summed E-state index contributed by atoms with van der Waals surface area (Å²) in [6.45, 7) is 1.72. The highest BCUT2D eigenvalue weighted by Crippen LogP contribution is 2.38. The van der Waals surface area contributed by atoms with Crippen LogP contribution in [0, 0.1) is 0 Å². The van der Waals surface area contributed by atoms with Crippen LogP contribution in [0.25, 0.3) is 16.5 Å². The van der Waals surface area contributed by atoms with Gasteiger partial charge >= 0.3 is 6.18 Å². The highest BCUT2D eigenvalue weighted by molar-refractivity contribution is 6.00. The molecule has 4 aromatic rings. The maximum atomic E-state index is 13.8. The molecule has 2 aromatic heterocycles. The highest BCUT2D eigenvalue weighted by atomic mass is 19.4. The molecular formula is C27H25F3N6O. The van der Waals surface area contributed by atoms with Gasteiger partial charge in [-0.25, -0.2) is 4.98 Å². The lowest BCUT2D eigenvalue weighted by atomic mass is 9.99. The van der Waals surface area contributed by atoms with Crippen molar-refractivity contribution < 1.29 is 18.0 Å². The zero-order valence-electron chi connectivity index (χ0n) is 20.0. The van der Waals surface area contributed by atoms with Gasteiger partial charge in [-0.15, -0.1) is 0 Å². The number of carbonyl (C=O) groups is 1. The van der Waals surface area contributed by atoms with Crippen LogP contribution in [0.1, 0.15) is 27.9 Å². The van der Waals surface area contributed by atoms with E-state index in [2.05, 4.69) is 37.3 Å². The standard InChI is InChI=1S/C27H25F3N6O/c1-31-26(37)18-4-2-3-5-23(18)36-24-13-25(34-15-21(24)27(28,29)30)35-17-6-7-22-19(12-17)20(14-33-22)16-8-10-32-11-9-16/h2-8,12-15,32-33H,9-11H2,1H3,(H,31,37)(H2,34,35,36). The lowest BCUT2D eigenvalue weighted by Gasteiger charge is -2.18. The number of hydrogen-bond acceptors (Lipinski definition) is 5. The molecule has 0 unspecified atom stereocenters. The Morgan fingerprint density at radius 2 is 1.89 bits per heavy atom. The molecule has 1 amide bonds. The predicted octanol–water partition coefficient (Wildman–Crippen LogP) is 5.81. The first-order valence-electron chi connectivity index (χ1n) is 11.8. The van der Waals surface area contributed by atoms with Crippen LogP contribution in [0.2, 0.25) is 0 Å². The van der Waals surface area contributed by atoms with Gasteiger partial charge in [-0.05, 0) is 48.9 Å². The zero-order valence-corrected chi connectivity index (χ0v) is 20.0. The molecule has 5 rings (SSSR count). The number of hydrogen-bond donors (Lipinski definition) is 5. The van der Waals surface area contributed by atoms with E-state index in [-0.39, 0.29) is 22.8 Å². The summed E-state index contributed by atoms with van der Waals surface area (Å²) in [5.74, 6) is -0.186. The van der Waals surface area contributed by atoms with E-state index in [1.165, 1.54) is 24.8 Å². The van der Waals surface area contributed by atoms with Crippen LogP contribution < -0.4 is 21.3 Å². The topological polar surface area (TPSA) is 93.9 Å². The second kappa shape index (κ2) is 9.98. The van der Waals surface area contributed by atoms with Crippen molar-refractivity contribution in [1.29, 1.82) is 0 Å². The number of carbonyl (C=O) groups excluding carboxylic acids is 1. The van der Waals surface area contributed by atoms with E-state index in [1.54, 1.807) is 18.2 Å². The van der Waals surface area contributed by atoms with Gasteiger partial charge in [-0.1, -0.05) is 18.2 Å². The van der Waals surface area contributed by atoms with Crippen molar-refractivity contribution in [2.45, 2.75) is 12.6 Å². The summed E-state index contributed by atoms with van der Waals surface area (Å²) < 4.78 is 41.4. The SMILES string of the molecule is CNC(=O)c1ccccc1Nc1cc(Nc2ccc3[nH]cc(C4=CCNCC4)c3c2)ncc1C(F)(F)F. The van der Waals surface area contributed by atoms with E-state index in [0.29, 0.717) is 5.69 Å². The Morgan fingerprint density at radius 1 is 1.05 bits per heavy atom. The summed E-state index contributed by atoms with van der Waals surface area (Å²) in [6, 6.07) is 13.4. The molecular weight excluding hydrogens is 481 g/mol. The Balaban J connectivity index is 1.49. The van der Waals surface area contributed by atoms with E-state index in [4.69, 9.17) is 0 Å². The van der Waals surface area contributed by atoms with Gasteiger partial charge in [0.1, 0.15) is 5.82 Å². The molecule has 190 valence electrons. The second-order valence-corrected chi connectivity index (χ2v) is 8.63. The number of nitrogens with zero attached hydrogens (tertiary/aromatic N) is 1. The maximum Gasteiger partial charge on any atom is 0.419 e. The number of rotatable bonds is 6. The third-order valence-corrected chi connectivity index (χ3v) is 6.24. The number of amides is 1. The van der Waals surface area contributed by atoms with Gasteiger partial charge in [0.2, 0.25) is 0 Å². The van der Waals surface area contributed by atoms with Crippen LogP contribution in [0.3, 0.4) is 0 Å². The number of halogens is 3. The highest BCUT2D eigenvalue weighted by Gasteiger charge is 2.34. The lowest BCUT2D eigenvalue weighted by Crippen LogP contribution is -2.19. The molecule has 3 heterocycles. The monoisotopic (exact) mass is 506 g/mol. The molecule has 2 aromatic carbocycles. The van der Waals surface area contributed by atoms with Gasteiger partial charge < -0.3 is 26.3 Å². The first kappa shape index (κ1) is 24.4. The molecule has 0 radical (unpaired) electrons. The van der Waals surface area contributed by atoms with Crippen molar-refractivity contribution >= 4 is 45.3 Å². The molecule has 0 fully saturated rings. The van der Waals surface area contributed by atoms with Gasteiger partial charge in [0, 0.05) is 54.2 Å². The number of fused-ring (bicyclic) bond motifs is 1. The number of anilines is 4. The first-order chi connectivity index (χ1) is 17.8. The number of alkyl halides is 3. The summed E-state index contributed by atoms with van der Waals surface area (Å²) >= 11 is 0. The fraction of sp³-hybridized carbons (Fsp3) is 0.185. The van der Waals surface area contributed by atoms with Crippen molar-refractivity contribution in [3.63, 3.8) is 0 Å². The minimum absolute atomic E-state index is 0.218. The molecule has 7 nitrogen and oxygen atoms in total. The third-order valence-electron chi connectivity index (χ3n) is 6.24. The fourth-order valence-corrected chi connectivity index (χ4v) is 4.40. The maximum absolute atomic E-state index is 13.8. The Hall–Kier alpha value is -4.31. The smallest absolute Gasteiger partial charge is 0.361 e. The minimum Gasteiger partial charge on any atom is -0.361 e. The number of H-pyrrole nitrogens is 1. The predicted molar refractivity (Wildman–Crippen MR) is 139 cm³/mol. The number of aromatic nitrogens is 2. The molecule has 0 atom stereocenters. The van der Waals surface area contributed by atoms with Gasteiger partial charge in [0.05, 0.1) is 22.5 Å². The van der Waals surface area contributed by atoms with Crippen molar-refractivity contribution in [2.75, 3.05) is 30.8 Å². The van der Waals surface area contributed by atoms with E-state index in [1.807, 2.05) is 24.4 Å². The van der Waals surface area contributed by atoms with Crippen LogP contribution in [0.15, 0.2) is 67.0 Å². The normalized spacial score (nSPS) is 13.8. The van der Waals surface area contributed by atoms with Crippen LogP contribution in [0.4, 0.5) is 36.1 Å². The third kappa shape index (κ3) is 5.14. The number of benzene rings is 2. The van der Waals surface area contributed by atoms with Crippen LogP contribution in [-0.2, 0) is 6.18 Å². The Labute approximate surface area is 211 Å². The van der Waals surface area contributed by atoms with E-state index in [0.717, 1.165) is 42.2 Å². The van der Waals surface area contributed by atoms with E-state index >= 15 is 0 Å². The van der Waals surface area contributed by atoms with Gasteiger partial charge in [0.25, 0.3) is 5.91 Å². The summed E-state index contributed by atoms with van der Waals surface area (Å²) in [5, 5.41) is 12.7. The molecule has 1 aliphatic rings. The Bertz CT molecular complexity index is 1490. The van der Waals surface area contributed by atoms with Crippen molar-refractivity contribution in [1.82, 2.24) is 20.6 Å². The molecule has 0 aliphatic carbocycles. The minimum atomic E-state index is -4.64. The first-order valence-corrected chi connectivity index (χ1v) is 11.8. The molecule has 0 saturated heterocycles. The number of aromatic amines is 1. The molecule has 0 spiro atoms. The number of pyridine rings is 1. The fourth-order valence-electron chi connectivity index (χ4n) is 4.40. The molecule has 5 N–H and O–H groups in total. The van der Waals surface area contributed by atoms with Gasteiger partial charge in [0.15, 0.2) is 0 Å². The average Bonchev–Trinajstić information content (AvgIpc) is 3.32. The largest absolute Gasteiger partial charge is 0.419 e. The van der Waals surface area contributed by atoms with Crippen LogP contribution in [0.5, 0.6) is 0 Å². The van der Waals surface area contributed by atoms with Gasteiger partial charge in [-0.2, -0.15) is 13.2 Å². The van der Waals surface area contributed by atoms with Gasteiger partial charge in [-0.3, -0.25) is 4.79 Å². The summed E-state index contributed by atoms with van der Waals surface area (Å²) in [7, 11) is 1.46. The molecule has 1 aliphatic heterocycles. The summed E-state index contributed by atoms with van der Waals surface area (Å²) in [6.07, 6.45) is 1.20.